The van der Waals surface area contributed by atoms with Gasteiger partial charge in [0, 0.05) is 25.7 Å². The summed E-state index contributed by atoms with van der Waals surface area (Å²) in [5.74, 6) is 0.827. The Morgan fingerprint density at radius 3 is 2.41 bits per heavy atom. The van der Waals surface area contributed by atoms with Gasteiger partial charge in [0.25, 0.3) is 0 Å². The van der Waals surface area contributed by atoms with Crippen molar-refractivity contribution in [1.29, 1.82) is 0 Å². The Kier molecular flexibility index (Phi) is 4.97. The number of hydrogen-bond donors (Lipinski definition) is 1. The first-order valence-corrected chi connectivity index (χ1v) is 5.78. The molecule has 0 aliphatic carbocycles. The van der Waals surface area contributed by atoms with Crippen molar-refractivity contribution in [3.8, 4) is 5.75 Å². The second kappa shape index (κ2) is 6.25. The van der Waals surface area contributed by atoms with Crippen LogP contribution in [-0.4, -0.2) is 25.6 Å². The number of anilines is 1. The molecule has 0 saturated carbocycles. The molecule has 1 rings (SSSR count). The van der Waals surface area contributed by atoms with Crippen LogP contribution in [-0.2, 0) is 4.79 Å². The first kappa shape index (κ1) is 13.5. The Morgan fingerprint density at radius 1 is 1.35 bits per heavy atom. The van der Waals surface area contributed by atoms with Gasteiger partial charge in [0.1, 0.15) is 5.75 Å². The molecule has 0 spiro atoms. The van der Waals surface area contributed by atoms with Crippen LogP contribution in [0, 0.1) is 0 Å². The van der Waals surface area contributed by atoms with Gasteiger partial charge in [0.15, 0.2) is 0 Å². The fraction of sp³-hybridized carbons (Fsp3) is 0.462. The first-order valence-electron chi connectivity index (χ1n) is 5.78. The van der Waals surface area contributed by atoms with E-state index >= 15 is 0 Å². The Balaban J connectivity index is 2.70. The zero-order valence-electron chi connectivity index (χ0n) is 10.6. The number of carbonyl (C=O) groups is 1. The monoisotopic (exact) mass is 236 g/mol. The zero-order chi connectivity index (χ0) is 12.8. The second-order valence-electron chi connectivity index (χ2n) is 4.15. The Bertz CT molecular complexity index is 360. The minimum atomic E-state index is 0.0185. The summed E-state index contributed by atoms with van der Waals surface area (Å²) in [5, 5.41) is 0. The third-order valence-corrected chi connectivity index (χ3v) is 2.33. The molecule has 94 valence electrons. The lowest BCUT2D eigenvalue weighted by molar-refractivity contribution is -0.118. The van der Waals surface area contributed by atoms with Crippen molar-refractivity contribution in [2.45, 2.75) is 26.4 Å². The van der Waals surface area contributed by atoms with Gasteiger partial charge in [0.05, 0.1) is 6.10 Å². The molecule has 0 bridgehead atoms. The van der Waals surface area contributed by atoms with E-state index in [1.54, 1.807) is 11.9 Å². The topological polar surface area (TPSA) is 55.6 Å². The molecular weight excluding hydrogens is 216 g/mol. The van der Waals surface area contributed by atoms with Gasteiger partial charge in [-0.15, -0.1) is 0 Å². The molecule has 1 aromatic carbocycles. The van der Waals surface area contributed by atoms with Crippen LogP contribution >= 0.6 is 0 Å². The molecule has 0 radical (unpaired) electrons. The molecule has 1 amide bonds. The van der Waals surface area contributed by atoms with Crippen LogP contribution < -0.4 is 15.4 Å². The quantitative estimate of drug-likeness (QED) is 0.848. The lowest BCUT2D eigenvalue weighted by Crippen LogP contribution is -2.27. The number of amides is 1. The van der Waals surface area contributed by atoms with Crippen molar-refractivity contribution in [1.82, 2.24) is 0 Å². The highest BCUT2D eigenvalue weighted by molar-refractivity contribution is 5.92. The lowest BCUT2D eigenvalue weighted by atomic mass is 10.2. The molecular formula is C13H20N2O2. The molecule has 0 unspecified atom stereocenters. The highest BCUT2D eigenvalue weighted by Gasteiger charge is 2.09. The highest BCUT2D eigenvalue weighted by atomic mass is 16.5. The van der Waals surface area contributed by atoms with E-state index in [0.717, 1.165) is 11.4 Å². The van der Waals surface area contributed by atoms with Crippen molar-refractivity contribution in [2.75, 3.05) is 18.5 Å². The van der Waals surface area contributed by atoms with E-state index in [4.69, 9.17) is 10.5 Å². The fourth-order valence-electron chi connectivity index (χ4n) is 1.46. The molecule has 0 heterocycles. The van der Waals surface area contributed by atoms with Gasteiger partial charge in [-0.2, -0.15) is 0 Å². The van der Waals surface area contributed by atoms with E-state index in [2.05, 4.69) is 0 Å². The molecule has 4 nitrogen and oxygen atoms in total. The van der Waals surface area contributed by atoms with Crippen LogP contribution in [0.15, 0.2) is 24.3 Å². The molecule has 0 aliphatic rings. The number of nitrogens with two attached hydrogens (primary N) is 1. The van der Waals surface area contributed by atoms with Gasteiger partial charge in [0.2, 0.25) is 5.91 Å². The average Bonchev–Trinajstić information content (AvgIpc) is 2.28. The summed E-state index contributed by atoms with van der Waals surface area (Å²) in [7, 11) is 1.75. The van der Waals surface area contributed by atoms with E-state index < -0.39 is 0 Å². The molecule has 0 aromatic heterocycles. The van der Waals surface area contributed by atoms with Crippen molar-refractivity contribution in [2.24, 2.45) is 5.73 Å². The maximum atomic E-state index is 11.6. The highest BCUT2D eigenvalue weighted by Crippen LogP contribution is 2.19. The molecule has 0 atom stereocenters. The summed E-state index contributed by atoms with van der Waals surface area (Å²) in [6, 6.07) is 7.46. The molecule has 1 aromatic rings. The summed E-state index contributed by atoms with van der Waals surface area (Å²) in [6.45, 7) is 4.33. The van der Waals surface area contributed by atoms with Gasteiger partial charge < -0.3 is 15.4 Å². The first-order chi connectivity index (χ1) is 8.04. The van der Waals surface area contributed by atoms with Gasteiger partial charge in [-0.25, -0.2) is 0 Å². The number of rotatable bonds is 5. The fourth-order valence-corrected chi connectivity index (χ4v) is 1.46. The minimum absolute atomic E-state index is 0.0185. The Morgan fingerprint density at radius 2 is 1.94 bits per heavy atom. The molecule has 2 N–H and O–H groups in total. The second-order valence-corrected chi connectivity index (χ2v) is 4.15. The molecule has 4 heteroatoms. The van der Waals surface area contributed by atoms with Crippen molar-refractivity contribution < 1.29 is 9.53 Å². The van der Waals surface area contributed by atoms with Crippen LogP contribution in [0.3, 0.4) is 0 Å². The van der Waals surface area contributed by atoms with Gasteiger partial charge >= 0.3 is 0 Å². The number of hydrogen-bond acceptors (Lipinski definition) is 3. The van der Waals surface area contributed by atoms with Crippen LogP contribution in [0.4, 0.5) is 5.69 Å². The molecule has 0 saturated heterocycles. The predicted octanol–water partition coefficient (Wildman–Crippen LogP) is 1.79. The molecule has 17 heavy (non-hydrogen) atoms. The lowest BCUT2D eigenvalue weighted by Gasteiger charge is -2.17. The van der Waals surface area contributed by atoms with E-state index in [1.807, 2.05) is 38.1 Å². The summed E-state index contributed by atoms with van der Waals surface area (Å²) >= 11 is 0. The van der Waals surface area contributed by atoms with E-state index in [9.17, 15) is 4.79 Å². The third kappa shape index (κ3) is 4.07. The van der Waals surface area contributed by atoms with Crippen LogP contribution in [0.5, 0.6) is 5.75 Å². The minimum Gasteiger partial charge on any atom is -0.491 e. The van der Waals surface area contributed by atoms with Crippen LogP contribution in [0.2, 0.25) is 0 Å². The average molecular weight is 236 g/mol. The van der Waals surface area contributed by atoms with Gasteiger partial charge in [-0.3, -0.25) is 4.79 Å². The summed E-state index contributed by atoms with van der Waals surface area (Å²) in [5.41, 5.74) is 6.20. The Labute approximate surface area is 102 Å². The number of carbonyl (C=O) groups excluding carboxylic acids is 1. The number of ether oxygens (including phenoxy) is 1. The number of nitrogens with zero attached hydrogens (tertiary/aromatic N) is 1. The Hall–Kier alpha value is -1.55. The van der Waals surface area contributed by atoms with Crippen LogP contribution in [0.25, 0.3) is 0 Å². The normalized spacial score (nSPS) is 10.4. The smallest absolute Gasteiger partial charge is 0.227 e. The number of benzene rings is 1. The third-order valence-electron chi connectivity index (χ3n) is 2.33. The summed E-state index contributed by atoms with van der Waals surface area (Å²) in [6.07, 6.45) is 0.512. The van der Waals surface area contributed by atoms with Crippen molar-refractivity contribution >= 4 is 11.6 Å². The SMILES string of the molecule is CC(C)Oc1ccc(N(C)C(=O)CCN)cc1. The summed E-state index contributed by atoms with van der Waals surface area (Å²) in [4.78, 5) is 13.2. The maximum absolute atomic E-state index is 11.6. The molecule has 0 fully saturated rings. The predicted molar refractivity (Wildman–Crippen MR) is 69.3 cm³/mol. The van der Waals surface area contributed by atoms with Gasteiger partial charge in [-0.1, -0.05) is 0 Å². The maximum Gasteiger partial charge on any atom is 0.227 e. The van der Waals surface area contributed by atoms with Crippen molar-refractivity contribution in [3.63, 3.8) is 0 Å². The largest absolute Gasteiger partial charge is 0.491 e. The van der Waals surface area contributed by atoms with E-state index in [-0.39, 0.29) is 12.0 Å². The molecule has 0 aliphatic heterocycles. The van der Waals surface area contributed by atoms with E-state index in [1.165, 1.54) is 0 Å². The zero-order valence-corrected chi connectivity index (χ0v) is 10.6. The summed E-state index contributed by atoms with van der Waals surface area (Å²) < 4.78 is 5.53. The van der Waals surface area contributed by atoms with Gasteiger partial charge in [-0.05, 0) is 38.1 Å². The van der Waals surface area contributed by atoms with Crippen LogP contribution in [0.1, 0.15) is 20.3 Å². The standard InChI is InChI=1S/C13H20N2O2/c1-10(2)17-12-6-4-11(5-7-12)15(3)13(16)8-9-14/h4-7,10H,8-9,14H2,1-3H3. The van der Waals surface area contributed by atoms with E-state index in [0.29, 0.717) is 13.0 Å². The van der Waals surface area contributed by atoms with Crippen molar-refractivity contribution in [3.05, 3.63) is 24.3 Å².